The summed E-state index contributed by atoms with van der Waals surface area (Å²) in [6.07, 6.45) is -5.83. The van der Waals surface area contributed by atoms with Gasteiger partial charge >= 0.3 is 0 Å². The summed E-state index contributed by atoms with van der Waals surface area (Å²) in [5.74, 6) is -2.82. The second-order valence-corrected chi connectivity index (χ2v) is 9.46. The third kappa shape index (κ3) is 4.15. The highest BCUT2D eigenvalue weighted by molar-refractivity contribution is 6.30. The first-order chi connectivity index (χ1) is 15.6. The largest absolute Gasteiger partial charge is 0.508 e. The number of hydrogen-bond acceptors (Lipinski definition) is 10. The maximum atomic E-state index is 13.2. The van der Waals surface area contributed by atoms with E-state index in [0.29, 0.717) is 5.56 Å². The normalized spacial score (nSPS) is 17.9. The summed E-state index contributed by atoms with van der Waals surface area (Å²) >= 11 is 0. The highest BCUT2D eigenvalue weighted by Crippen LogP contribution is 2.40. The Hall–Kier alpha value is -3.02. The van der Waals surface area contributed by atoms with E-state index in [1.54, 1.807) is 6.92 Å². The average Bonchev–Trinajstić information content (AvgIpc) is 2.75. The van der Waals surface area contributed by atoms with Crippen molar-refractivity contribution in [2.45, 2.75) is 51.8 Å². The molecule has 0 saturated heterocycles. The minimum atomic E-state index is -2.48. The Balaban J connectivity index is 2.04. The van der Waals surface area contributed by atoms with Crippen LogP contribution in [0.4, 0.5) is 0 Å². The van der Waals surface area contributed by atoms with E-state index in [0.717, 1.165) is 19.1 Å². The van der Waals surface area contributed by atoms with E-state index < -0.39 is 59.2 Å². The molecule has 0 amide bonds. The summed E-state index contributed by atoms with van der Waals surface area (Å²) in [5.41, 5.74) is -4.21. The topological polar surface area (TPSA) is 185 Å². The van der Waals surface area contributed by atoms with Gasteiger partial charge in [-0.25, -0.2) is 0 Å². The van der Waals surface area contributed by atoms with Gasteiger partial charge in [0.05, 0.1) is 23.8 Å². The lowest BCUT2D eigenvalue weighted by atomic mass is 9.79. The molecule has 0 heterocycles. The van der Waals surface area contributed by atoms with Crippen molar-refractivity contribution in [1.82, 2.24) is 0 Å². The molecule has 0 aliphatic heterocycles. The Kier molecular flexibility index (Phi) is 6.51. The Labute approximate surface area is 195 Å². The number of benzene rings is 2. The van der Waals surface area contributed by atoms with Gasteiger partial charge in [-0.2, -0.15) is 0 Å². The molecule has 7 N–H and O–H groups in total. The molecule has 184 valence electrons. The molecular weight excluding hydrogens is 448 g/mol. The molecular formula is C24H28O10. The number of aryl methyl sites for hydroxylation is 1. The van der Waals surface area contributed by atoms with Gasteiger partial charge in [0.2, 0.25) is 12.1 Å². The Bertz CT molecular complexity index is 1150. The van der Waals surface area contributed by atoms with Crippen LogP contribution in [-0.4, -0.2) is 78.0 Å². The third-order valence-electron chi connectivity index (χ3n) is 6.14. The molecule has 1 unspecified atom stereocenters. The number of carbonyl (C=O) groups is 2. The van der Waals surface area contributed by atoms with Gasteiger partial charge in [0.25, 0.3) is 0 Å². The summed E-state index contributed by atoms with van der Waals surface area (Å²) in [6.45, 7) is 4.93. The molecule has 0 fully saturated rings. The first-order valence-electron chi connectivity index (χ1n) is 10.5. The number of phenolic OH excluding ortho intramolecular Hbond substituents is 2. The molecule has 34 heavy (non-hydrogen) atoms. The van der Waals surface area contributed by atoms with Crippen LogP contribution in [-0.2, 0) is 0 Å². The summed E-state index contributed by atoms with van der Waals surface area (Å²) in [5, 5.41) is 71.7. The van der Waals surface area contributed by atoms with Crippen LogP contribution in [0, 0.1) is 12.3 Å². The SMILES string of the molecule is Cc1cc(O[C@H](O)C(C)(O)[C@@H](O)[C@H](O)C(C)(C)CO)c2c(c1)C(=O)c1cc(O)cc(O)c1C2=O. The minimum absolute atomic E-state index is 0.105. The number of ether oxygens (including phenoxy) is 1. The fourth-order valence-electron chi connectivity index (χ4n) is 3.79. The number of phenols is 2. The molecule has 4 atom stereocenters. The predicted octanol–water partition coefficient (Wildman–Crippen LogP) is 0.370. The van der Waals surface area contributed by atoms with Gasteiger partial charge in [-0.05, 0) is 37.6 Å². The van der Waals surface area contributed by atoms with Crippen molar-refractivity contribution >= 4 is 11.6 Å². The van der Waals surface area contributed by atoms with Crippen LogP contribution in [0.15, 0.2) is 24.3 Å². The number of aromatic hydroxyl groups is 2. The van der Waals surface area contributed by atoms with Crippen molar-refractivity contribution in [3.63, 3.8) is 0 Å². The molecule has 3 rings (SSSR count). The Morgan fingerprint density at radius 2 is 1.47 bits per heavy atom. The van der Waals surface area contributed by atoms with E-state index in [9.17, 15) is 45.3 Å². The third-order valence-corrected chi connectivity index (χ3v) is 6.14. The van der Waals surface area contributed by atoms with Gasteiger partial charge < -0.3 is 40.5 Å². The van der Waals surface area contributed by atoms with Crippen molar-refractivity contribution in [3.05, 3.63) is 52.1 Å². The fourth-order valence-corrected chi connectivity index (χ4v) is 3.79. The zero-order valence-corrected chi connectivity index (χ0v) is 19.1. The number of hydrogen-bond donors (Lipinski definition) is 7. The highest BCUT2D eigenvalue weighted by atomic mass is 16.6. The lowest BCUT2D eigenvalue weighted by Gasteiger charge is -2.40. The lowest BCUT2D eigenvalue weighted by Crippen LogP contribution is -2.60. The van der Waals surface area contributed by atoms with Crippen LogP contribution in [0.1, 0.15) is 58.2 Å². The standard InChI is InChI=1S/C24H28O10/c1-10-5-12-17(19(29)16-13(18(12)28)7-11(26)8-14(16)27)15(6-10)34-22(32)24(4,33)21(31)20(30)23(2,3)9-25/h5-8,20-22,25-27,30-33H,9H2,1-4H3/t20-,21-,22-,24?/m0/s1. The maximum absolute atomic E-state index is 13.2. The zero-order valence-electron chi connectivity index (χ0n) is 19.1. The average molecular weight is 476 g/mol. The van der Waals surface area contributed by atoms with E-state index >= 15 is 0 Å². The van der Waals surface area contributed by atoms with E-state index in [1.165, 1.54) is 26.0 Å². The molecule has 0 spiro atoms. The van der Waals surface area contributed by atoms with Crippen molar-refractivity contribution in [1.29, 1.82) is 0 Å². The Morgan fingerprint density at radius 3 is 2.06 bits per heavy atom. The number of aliphatic hydroxyl groups excluding tert-OH is 4. The van der Waals surface area contributed by atoms with Gasteiger partial charge in [0.1, 0.15) is 23.4 Å². The van der Waals surface area contributed by atoms with Crippen molar-refractivity contribution in [3.8, 4) is 17.2 Å². The molecule has 0 aromatic heterocycles. The van der Waals surface area contributed by atoms with Crippen LogP contribution in [0.25, 0.3) is 0 Å². The van der Waals surface area contributed by atoms with Crippen molar-refractivity contribution in [2.75, 3.05) is 6.61 Å². The predicted molar refractivity (Wildman–Crippen MR) is 118 cm³/mol. The first kappa shape index (κ1) is 25.6. The monoisotopic (exact) mass is 476 g/mol. The van der Waals surface area contributed by atoms with Crippen molar-refractivity contribution < 1.29 is 50.1 Å². The molecule has 2 aromatic rings. The summed E-state index contributed by atoms with van der Waals surface area (Å²) in [4.78, 5) is 26.3. The minimum Gasteiger partial charge on any atom is -0.508 e. The summed E-state index contributed by atoms with van der Waals surface area (Å²) in [6, 6.07) is 4.69. The number of fused-ring (bicyclic) bond motifs is 2. The number of aliphatic hydroxyl groups is 5. The Morgan fingerprint density at radius 1 is 0.882 bits per heavy atom. The van der Waals surface area contributed by atoms with Gasteiger partial charge in [0.15, 0.2) is 11.4 Å². The van der Waals surface area contributed by atoms with Gasteiger partial charge in [-0.1, -0.05) is 13.8 Å². The number of rotatable bonds is 7. The van der Waals surface area contributed by atoms with Crippen LogP contribution in [0.5, 0.6) is 17.2 Å². The summed E-state index contributed by atoms with van der Waals surface area (Å²) < 4.78 is 5.44. The lowest BCUT2D eigenvalue weighted by molar-refractivity contribution is -0.234. The van der Waals surface area contributed by atoms with Gasteiger partial charge in [-0.3, -0.25) is 9.59 Å². The second kappa shape index (κ2) is 8.64. The van der Waals surface area contributed by atoms with Crippen LogP contribution in [0.2, 0.25) is 0 Å². The number of ketones is 2. The van der Waals surface area contributed by atoms with Gasteiger partial charge in [0, 0.05) is 22.6 Å². The maximum Gasteiger partial charge on any atom is 0.228 e. The van der Waals surface area contributed by atoms with Crippen LogP contribution < -0.4 is 4.74 Å². The molecule has 10 heteroatoms. The molecule has 1 aliphatic rings. The first-order valence-corrected chi connectivity index (χ1v) is 10.5. The molecule has 1 aliphatic carbocycles. The van der Waals surface area contributed by atoms with Crippen LogP contribution in [0.3, 0.4) is 0 Å². The van der Waals surface area contributed by atoms with E-state index in [1.807, 2.05) is 0 Å². The molecule has 0 bridgehead atoms. The highest BCUT2D eigenvalue weighted by Gasteiger charge is 2.48. The number of carbonyl (C=O) groups excluding carboxylic acids is 2. The smallest absolute Gasteiger partial charge is 0.228 e. The van der Waals surface area contributed by atoms with Crippen molar-refractivity contribution in [2.24, 2.45) is 5.41 Å². The van der Waals surface area contributed by atoms with E-state index in [4.69, 9.17) is 4.74 Å². The van der Waals surface area contributed by atoms with E-state index in [-0.39, 0.29) is 28.0 Å². The molecule has 0 radical (unpaired) electrons. The fraction of sp³-hybridized carbons (Fsp3) is 0.417. The molecule has 10 nitrogen and oxygen atoms in total. The van der Waals surface area contributed by atoms with Crippen LogP contribution >= 0.6 is 0 Å². The second-order valence-electron chi connectivity index (χ2n) is 9.46. The zero-order chi connectivity index (χ0) is 25.7. The van der Waals surface area contributed by atoms with Gasteiger partial charge in [-0.15, -0.1) is 0 Å². The quantitative estimate of drug-likeness (QED) is 0.235. The summed E-state index contributed by atoms with van der Waals surface area (Å²) in [7, 11) is 0. The van der Waals surface area contributed by atoms with E-state index in [2.05, 4.69) is 0 Å². The molecule has 2 aromatic carbocycles. The molecule has 0 saturated carbocycles.